The molecule has 122 valence electrons. The van der Waals surface area contributed by atoms with Gasteiger partial charge in [-0.2, -0.15) is 0 Å². The summed E-state index contributed by atoms with van der Waals surface area (Å²) in [6.07, 6.45) is 2.66. The van der Waals surface area contributed by atoms with Crippen molar-refractivity contribution in [2.75, 3.05) is 19.7 Å². The van der Waals surface area contributed by atoms with Crippen molar-refractivity contribution in [3.8, 4) is 0 Å². The predicted molar refractivity (Wildman–Crippen MR) is 86.8 cm³/mol. The Morgan fingerprint density at radius 3 is 2.59 bits per heavy atom. The number of nitrogens with zero attached hydrogens (tertiary/aromatic N) is 1. The molecule has 0 unspecified atom stereocenters. The molecule has 0 atom stereocenters. The van der Waals surface area contributed by atoms with Gasteiger partial charge in [0, 0.05) is 31.5 Å². The molecule has 0 aromatic carbocycles. The van der Waals surface area contributed by atoms with Crippen LogP contribution in [0.2, 0.25) is 0 Å². The van der Waals surface area contributed by atoms with Crippen molar-refractivity contribution < 1.29 is 14.7 Å². The van der Waals surface area contributed by atoms with Crippen molar-refractivity contribution in [2.24, 2.45) is 5.41 Å². The Morgan fingerprint density at radius 2 is 2.05 bits per heavy atom. The van der Waals surface area contributed by atoms with E-state index >= 15 is 0 Å². The van der Waals surface area contributed by atoms with Gasteiger partial charge in [0.1, 0.15) is 0 Å². The number of aliphatic hydroxyl groups is 1. The number of likely N-dealkylation sites (tertiary alicyclic amines) is 1. The minimum Gasteiger partial charge on any atom is -0.396 e. The number of nitrogens with one attached hydrogen (secondary N) is 1. The second-order valence-electron chi connectivity index (χ2n) is 5.98. The van der Waals surface area contributed by atoms with E-state index < -0.39 is 0 Å². The molecular formula is C16H24N2O3S. The van der Waals surface area contributed by atoms with Gasteiger partial charge in [-0.3, -0.25) is 9.59 Å². The first-order valence-corrected chi connectivity index (χ1v) is 8.54. The lowest BCUT2D eigenvalue weighted by molar-refractivity contribution is -0.119. The summed E-state index contributed by atoms with van der Waals surface area (Å²) in [5, 5.41) is 12.3. The van der Waals surface area contributed by atoms with Gasteiger partial charge in [-0.05, 0) is 36.8 Å². The van der Waals surface area contributed by atoms with Crippen LogP contribution >= 0.6 is 11.3 Å². The second kappa shape index (κ2) is 7.24. The Balaban J connectivity index is 1.94. The number of rotatable bonds is 5. The van der Waals surface area contributed by atoms with Gasteiger partial charge in [0.2, 0.25) is 5.91 Å². The van der Waals surface area contributed by atoms with Crippen LogP contribution in [-0.2, 0) is 11.3 Å². The van der Waals surface area contributed by atoms with Gasteiger partial charge in [0.05, 0.1) is 11.4 Å². The van der Waals surface area contributed by atoms with Crippen molar-refractivity contribution in [1.82, 2.24) is 10.2 Å². The number of aliphatic hydroxyl groups excluding tert-OH is 1. The molecule has 1 aromatic rings. The average molecular weight is 324 g/mol. The van der Waals surface area contributed by atoms with E-state index in [2.05, 4.69) is 12.2 Å². The molecule has 1 aromatic heterocycles. The lowest BCUT2D eigenvalue weighted by atomic mass is 9.77. The smallest absolute Gasteiger partial charge is 0.263 e. The van der Waals surface area contributed by atoms with Crippen molar-refractivity contribution in [3.63, 3.8) is 0 Å². The molecule has 1 aliphatic rings. The number of carbonyl (C=O) groups excluding carboxylic acids is 2. The Hall–Kier alpha value is -1.40. The zero-order chi connectivity index (χ0) is 16.2. The number of hydrogen-bond acceptors (Lipinski definition) is 4. The maximum absolute atomic E-state index is 12.5. The highest BCUT2D eigenvalue weighted by atomic mass is 32.1. The number of thiophene rings is 1. The van der Waals surface area contributed by atoms with Crippen LogP contribution in [0.15, 0.2) is 12.1 Å². The van der Waals surface area contributed by atoms with E-state index in [0.717, 1.165) is 24.1 Å². The molecule has 1 aliphatic heterocycles. The molecular weight excluding hydrogens is 300 g/mol. The maximum atomic E-state index is 12.5. The third-order valence-corrected chi connectivity index (χ3v) is 5.65. The Labute approximate surface area is 135 Å². The van der Waals surface area contributed by atoms with Crippen LogP contribution in [0.1, 0.15) is 47.7 Å². The summed E-state index contributed by atoms with van der Waals surface area (Å²) in [6.45, 7) is 5.65. The minimum absolute atomic E-state index is 0.0111. The molecule has 5 nitrogen and oxygen atoms in total. The zero-order valence-corrected chi connectivity index (χ0v) is 14.0. The molecule has 0 aliphatic carbocycles. The van der Waals surface area contributed by atoms with Gasteiger partial charge >= 0.3 is 0 Å². The van der Waals surface area contributed by atoms with Crippen molar-refractivity contribution in [2.45, 2.75) is 39.7 Å². The molecule has 22 heavy (non-hydrogen) atoms. The summed E-state index contributed by atoms with van der Waals surface area (Å²) in [4.78, 5) is 27.0. The van der Waals surface area contributed by atoms with E-state index in [1.807, 2.05) is 17.0 Å². The number of carbonyl (C=O) groups is 2. The van der Waals surface area contributed by atoms with E-state index in [-0.39, 0.29) is 23.8 Å². The summed E-state index contributed by atoms with van der Waals surface area (Å²) < 4.78 is 0. The largest absolute Gasteiger partial charge is 0.396 e. The topological polar surface area (TPSA) is 69.6 Å². The van der Waals surface area contributed by atoms with Gasteiger partial charge < -0.3 is 15.3 Å². The highest BCUT2D eigenvalue weighted by Gasteiger charge is 2.34. The van der Waals surface area contributed by atoms with Crippen LogP contribution in [-0.4, -0.2) is 41.5 Å². The summed E-state index contributed by atoms with van der Waals surface area (Å²) >= 11 is 1.43. The summed E-state index contributed by atoms with van der Waals surface area (Å²) in [6, 6.07) is 3.72. The molecule has 6 heteroatoms. The molecule has 0 radical (unpaired) electrons. The standard InChI is InChI=1S/C16H24N2O3S/c1-3-16(11-19)6-8-18(9-7-16)15(21)14-5-4-13(22-14)10-17-12(2)20/h4-5,19H,3,6-11H2,1-2H3,(H,17,20). The van der Waals surface area contributed by atoms with Crippen LogP contribution in [0.3, 0.4) is 0 Å². The quantitative estimate of drug-likeness (QED) is 0.870. The lowest BCUT2D eigenvalue weighted by Gasteiger charge is -2.40. The van der Waals surface area contributed by atoms with E-state index in [1.165, 1.54) is 18.3 Å². The first-order chi connectivity index (χ1) is 10.5. The van der Waals surface area contributed by atoms with Crippen molar-refractivity contribution in [1.29, 1.82) is 0 Å². The molecule has 0 saturated carbocycles. The highest BCUT2D eigenvalue weighted by molar-refractivity contribution is 7.14. The molecule has 1 fully saturated rings. The Bertz CT molecular complexity index is 527. The van der Waals surface area contributed by atoms with Crippen LogP contribution in [0.4, 0.5) is 0 Å². The van der Waals surface area contributed by atoms with E-state index in [4.69, 9.17) is 0 Å². The van der Waals surface area contributed by atoms with Crippen LogP contribution < -0.4 is 5.32 Å². The first-order valence-electron chi connectivity index (χ1n) is 7.73. The third-order valence-electron chi connectivity index (χ3n) is 4.58. The predicted octanol–water partition coefficient (Wildman–Crippen LogP) is 2.01. The van der Waals surface area contributed by atoms with Crippen LogP contribution in [0.5, 0.6) is 0 Å². The molecule has 2 heterocycles. The Morgan fingerprint density at radius 1 is 1.36 bits per heavy atom. The third kappa shape index (κ3) is 3.87. The fourth-order valence-corrected chi connectivity index (χ4v) is 3.68. The van der Waals surface area contributed by atoms with E-state index in [0.29, 0.717) is 24.5 Å². The minimum atomic E-state index is -0.0720. The second-order valence-corrected chi connectivity index (χ2v) is 7.15. The van der Waals surface area contributed by atoms with Crippen LogP contribution in [0.25, 0.3) is 0 Å². The molecule has 1 saturated heterocycles. The highest BCUT2D eigenvalue weighted by Crippen LogP contribution is 2.35. The molecule has 0 spiro atoms. The number of hydrogen-bond donors (Lipinski definition) is 2. The fraction of sp³-hybridized carbons (Fsp3) is 0.625. The van der Waals surface area contributed by atoms with Crippen molar-refractivity contribution >= 4 is 23.2 Å². The van der Waals surface area contributed by atoms with Gasteiger partial charge in [-0.15, -0.1) is 11.3 Å². The molecule has 2 N–H and O–H groups in total. The lowest BCUT2D eigenvalue weighted by Crippen LogP contribution is -2.44. The number of amides is 2. The summed E-state index contributed by atoms with van der Waals surface area (Å²) in [5.74, 6) is -0.0149. The summed E-state index contributed by atoms with van der Waals surface area (Å²) in [7, 11) is 0. The summed E-state index contributed by atoms with van der Waals surface area (Å²) in [5.41, 5.74) is -0.0111. The molecule has 2 rings (SSSR count). The fourth-order valence-electron chi connectivity index (χ4n) is 2.76. The van der Waals surface area contributed by atoms with Crippen molar-refractivity contribution in [3.05, 3.63) is 21.9 Å². The van der Waals surface area contributed by atoms with Crippen LogP contribution in [0, 0.1) is 5.41 Å². The van der Waals surface area contributed by atoms with E-state index in [1.54, 1.807) is 0 Å². The molecule has 0 bridgehead atoms. The zero-order valence-electron chi connectivity index (χ0n) is 13.2. The Kier molecular flexibility index (Phi) is 5.58. The van der Waals surface area contributed by atoms with Gasteiger partial charge in [-0.25, -0.2) is 0 Å². The van der Waals surface area contributed by atoms with E-state index in [9.17, 15) is 14.7 Å². The van der Waals surface area contributed by atoms with Gasteiger partial charge in [-0.1, -0.05) is 6.92 Å². The SMILES string of the molecule is CCC1(CO)CCN(C(=O)c2ccc(CNC(C)=O)s2)CC1. The first kappa shape index (κ1) is 17.0. The van der Waals surface area contributed by atoms with Gasteiger partial charge in [0.25, 0.3) is 5.91 Å². The maximum Gasteiger partial charge on any atom is 0.263 e. The number of piperidine rings is 1. The average Bonchev–Trinajstić information content (AvgIpc) is 3.01. The monoisotopic (exact) mass is 324 g/mol. The normalized spacial score (nSPS) is 17.3. The van der Waals surface area contributed by atoms with Gasteiger partial charge in [0.15, 0.2) is 0 Å². The molecule has 2 amide bonds.